The van der Waals surface area contributed by atoms with E-state index in [1.165, 1.54) is 12.1 Å². The number of carbonyl (C=O) groups is 1. The molecular weight excluding hydrogens is 370 g/mol. The van der Waals surface area contributed by atoms with Gasteiger partial charge in [-0.2, -0.15) is 0 Å². The van der Waals surface area contributed by atoms with Gasteiger partial charge in [-0.15, -0.1) is 11.3 Å². The minimum absolute atomic E-state index is 0.0967. The normalized spacial score (nSPS) is 13.0. The lowest BCUT2D eigenvalue weighted by atomic mass is 10.1. The van der Waals surface area contributed by atoms with E-state index in [0.717, 1.165) is 11.3 Å². The van der Waals surface area contributed by atoms with Gasteiger partial charge < -0.3 is 4.74 Å². The Labute approximate surface area is 150 Å². The standard InChI is InChI=1S/C16H18ClNO4S2/c1-11(2)22-15(19)10-13(12-6-4-3-5-7-12)18-24(20,21)16-9-8-14(17)23-16/h3-9,11,13,18H,10H2,1-2H3. The van der Waals surface area contributed by atoms with Crippen molar-refractivity contribution in [1.29, 1.82) is 0 Å². The lowest BCUT2D eigenvalue weighted by molar-refractivity contribution is -0.147. The molecular formula is C16H18ClNO4S2. The predicted molar refractivity (Wildman–Crippen MR) is 94.7 cm³/mol. The lowest BCUT2D eigenvalue weighted by Gasteiger charge is -2.19. The second-order valence-corrected chi connectivity index (χ2v) is 9.04. The summed E-state index contributed by atoms with van der Waals surface area (Å²) in [5, 5.41) is 0. The predicted octanol–water partition coefficient (Wildman–Crippen LogP) is 3.76. The van der Waals surface area contributed by atoms with E-state index in [1.807, 2.05) is 6.07 Å². The van der Waals surface area contributed by atoms with Crippen molar-refractivity contribution < 1.29 is 17.9 Å². The van der Waals surface area contributed by atoms with Crippen molar-refractivity contribution in [2.24, 2.45) is 0 Å². The molecule has 1 aromatic heterocycles. The molecule has 0 amide bonds. The lowest BCUT2D eigenvalue weighted by Crippen LogP contribution is -2.30. The average Bonchev–Trinajstić information content (AvgIpc) is 2.94. The first-order chi connectivity index (χ1) is 11.3. The summed E-state index contributed by atoms with van der Waals surface area (Å²) in [7, 11) is -3.78. The second kappa shape index (κ2) is 8.11. The fraction of sp³-hybridized carbons (Fsp3) is 0.312. The van der Waals surface area contributed by atoms with E-state index < -0.39 is 22.0 Å². The number of sulfonamides is 1. The van der Waals surface area contributed by atoms with E-state index in [-0.39, 0.29) is 16.7 Å². The molecule has 2 rings (SSSR count). The van der Waals surface area contributed by atoms with Crippen molar-refractivity contribution in [2.45, 2.75) is 36.6 Å². The van der Waals surface area contributed by atoms with Crippen LogP contribution < -0.4 is 4.72 Å². The summed E-state index contributed by atoms with van der Waals surface area (Å²) < 4.78 is 33.2. The van der Waals surface area contributed by atoms with Gasteiger partial charge in [0.05, 0.1) is 22.9 Å². The van der Waals surface area contributed by atoms with E-state index in [4.69, 9.17) is 16.3 Å². The third-order valence-corrected chi connectivity index (χ3v) is 6.25. The molecule has 5 nitrogen and oxygen atoms in total. The number of hydrogen-bond acceptors (Lipinski definition) is 5. The van der Waals surface area contributed by atoms with Crippen LogP contribution in [0.25, 0.3) is 0 Å². The van der Waals surface area contributed by atoms with Crippen LogP contribution in [0.1, 0.15) is 31.9 Å². The van der Waals surface area contributed by atoms with Crippen molar-refractivity contribution in [3.05, 3.63) is 52.4 Å². The van der Waals surface area contributed by atoms with Gasteiger partial charge in [0.25, 0.3) is 10.0 Å². The van der Waals surface area contributed by atoms with Crippen molar-refractivity contribution in [3.8, 4) is 0 Å². The molecule has 8 heteroatoms. The maximum absolute atomic E-state index is 12.5. The number of benzene rings is 1. The SMILES string of the molecule is CC(C)OC(=O)CC(NS(=O)(=O)c1ccc(Cl)s1)c1ccccc1. The van der Waals surface area contributed by atoms with Crippen LogP contribution in [-0.2, 0) is 19.6 Å². The molecule has 1 atom stereocenters. The molecule has 1 N–H and O–H groups in total. The Morgan fingerprint density at radius 2 is 1.88 bits per heavy atom. The summed E-state index contributed by atoms with van der Waals surface area (Å²) in [4.78, 5) is 12.0. The molecule has 0 saturated carbocycles. The maximum atomic E-state index is 12.5. The van der Waals surface area contributed by atoms with Crippen molar-refractivity contribution in [1.82, 2.24) is 4.72 Å². The Hall–Kier alpha value is -1.41. The molecule has 24 heavy (non-hydrogen) atoms. The number of carbonyl (C=O) groups excluding carboxylic acids is 1. The molecule has 0 spiro atoms. The molecule has 0 saturated heterocycles. The van der Waals surface area contributed by atoms with E-state index in [2.05, 4.69) is 4.72 Å². The van der Waals surface area contributed by atoms with E-state index >= 15 is 0 Å². The van der Waals surface area contributed by atoms with Crippen molar-refractivity contribution in [3.63, 3.8) is 0 Å². The van der Waals surface area contributed by atoms with Crippen LogP contribution in [0.3, 0.4) is 0 Å². The first kappa shape index (κ1) is 18.9. The quantitative estimate of drug-likeness (QED) is 0.734. The topological polar surface area (TPSA) is 72.5 Å². The fourth-order valence-corrected chi connectivity index (χ4v) is 4.80. The number of esters is 1. The van der Waals surface area contributed by atoms with Gasteiger partial charge in [0.1, 0.15) is 4.21 Å². The Bertz CT molecular complexity index is 787. The van der Waals surface area contributed by atoms with Crippen LogP contribution in [-0.4, -0.2) is 20.5 Å². The van der Waals surface area contributed by atoms with Crippen LogP contribution in [0.4, 0.5) is 0 Å². The van der Waals surface area contributed by atoms with Gasteiger partial charge in [0.15, 0.2) is 0 Å². The van der Waals surface area contributed by atoms with Gasteiger partial charge in [0, 0.05) is 0 Å². The van der Waals surface area contributed by atoms with Crippen LogP contribution in [0.15, 0.2) is 46.7 Å². The van der Waals surface area contributed by atoms with Crippen LogP contribution in [0.5, 0.6) is 0 Å². The van der Waals surface area contributed by atoms with Gasteiger partial charge in [-0.05, 0) is 31.5 Å². The van der Waals surface area contributed by atoms with Gasteiger partial charge in [-0.1, -0.05) is 41.9 Å². The smallest absolute Gasteiger partial charge is 0.308 e. The van der Waals surface area contributed by atoms with E-state index in [9.17, 15) is 13.2 Å². The first-order valence-electron chi connectivity index (χ1n) is 7.30. The highest BCUT2D eigenvalue weighted by molar-refractivity contribution is 7.91. The maximum Gasteiger partial charge on any atom is 0.308 e. The highest BCUT2D eigenvalue weighted by Crippen LogP contribution is 2.28. The van der Waals surface area contributed by atoms with Gasteiger partial charge >= 0.3 is 5.97 Å². The van der Waals surface area contributed by atoms with Crippen molar-refractivity contribution >= 4 is 38.9 Å². The first-order valence-corrected chi connectivity index (χ1v) is 9.98. The van der Waals surface area contributed by atoms with Crippen LogP contribution >= 0.6 is 22.9 Å². The molecule has 1 heterocycles. The zero-order valence-corrected chi connectivity index (χ0v) is 15.6. The molecule has 0 fully saturated rings. The minimum atomic E-state index is -3.78. The Morgan fingerprint density at radius 3 is 2.42 bits per heavy atom. The van der Waals surface area contributed by atoms with E-state index in [1.54, 1.807) is 38.1 Å². The molecule has 1 unspecified atom stereocenters. The zero-order chi connectivity index (χ0) is 17.7. The Balaban J connectivity index is 2.24. The number of ether oxygens (including phenoxy) is 1. The monoisotopic (exact) mass is 387 g/mol. The largest absolute Gasteiger partial charge is 0.463 e. The second-order valence-electron chi connectivity index (χ2n) is 5.39. The number of nitrogens with one attached hydrogen (secondary N) is 1. The van der Waals surface area contributed by atoms with Gasteiger partial charge in [-0.25, -0.2) is 13.1 Å². The Kier molecular flexibility index (Phi) is 6.40. The number of halogens is 1. The minimum Gasteiger partial charge on any atom is -0.463 e. The molecule has 0 aliphatic carbocycles. The van der Waals surface area contributed by atoms with Crippen molar-refractivity contribution in [2.75, 3.05) is 0 Å². The highest BCUT2D eigenvalue weighted by Gasteiger charge is 2.25. The molecule has 0 radical (unpaired) electrons. The van der Waals surface area contributed by atoms with Crippen LogP contribution in [0, 0.1) is 0 Å². The van der Waals surface area contributed by atoms with E-state index in [0.29, 0.717) is 9.90 Å². The number of thiophene rings is 1. The molecule has 1 aromatic carbocycles. The zero-order valence-electron chi connectivity index (χ0n) is 13.2. The molecule has 130 valence electrons. The summed E-state index contributed by atoms with van der Waals surface area (Å²) in [5.41, 5.74) is 0.685. The number of rotatable bonds is 7. The average molecular weight is 388 g/mol. The Morgan fingerprint density at radius 1 is 1.21 bits per heavy atom. The van der Waals surface area contributed by atoms with Gasteiger partial charge in [-0.3, -0.25) is 4.79 Å². The summed E-state index contributed by atoms with van der Waals surface area (Å²) in [6.45, 7) is 3.49. The highest BCUT2D eigenvalue weighted by atomic mass is 35.5. The molecule has 0 aliphatic heterocycles. The van der Waals surface area contributed by atoms with Crippen LogP contribution in [0.2, 0.25) is 4.34 Å². The summed E-state index contributed by atoms with van der Waals surface area (Å²) in [5.74, 6) is -0.467. The third-order valence-electron chi connectivity index (χ3n) is 3.05. The summed E-state index contributed by atoms with van der Waals surface area (Å²) in [6, 6.07) is 11.1. The molecule has 0 aliphatic rings. The summed E-state index contributed by atoms with van der Waals surface area (Å²) >= 11 is 6.77. The third kappa shape index (κ3) is 5.31. The molecule has 0 bridgehead atoms. The van der Waals surface area contributed by atoms with Gasteiger partial charge in [0.2, 0.25) is 0 Å². The molecule has 2 aromatic rings. The fourth-order valence-electron chi connectivity index (χ4n) is 2.08. The number of hydrogen-bond donors (Lipinski definition) is 1. The summed E-state index contributed by atoms with van der Waals surface area (Å²) in [6.07, 6.45) is -0.359.